The van der Waals surface area contributed by atoms with Crippen molar-refractivity contribution in [3.63, 3.8) is 0 Å². The van der Waals surface area contributed by atoms with E-state index in [-0.39, 0.29) is 30.9 Å². The number of hydrogen-bond donors (Lipinski definition) is 1. The van der Waals surface area contributed by atoms with Crippen LogP contribution < -0.4 is 15.0 Å². The summed E-state index contributed by atoms with van der Waals surface area (Å²) in [7, 11) is 0. The Morgan fingerprint density at radius 3 is 2.41 bits per heavy atom. The third-order valence-corrected chi connectivity index (χ3v) is 5.72. The van der Waals surface area contributed by atoms with Crippen LogP contribution in [0.15, 0.2) is 24.3 Å². The van der Waals surface area contributed by atoms with Crippen LogP contribution in [0.5, 0.6) is 5.75 Å². The van der Waals surface area contributed by atoms with Crippen LogP contribution in [-0.4, -0.2) is 67.0 Å². The minimum absolute atomic E-state index is 0.00697. The van der Waals surface area contributed by atoms with Crippen LogP contribution in [0.3, 0.4) is 0 Å². The van der Waals surface area contributed by atoms with Crippen LogP contribution in [0.4, 0.5) is 5.69 Å². The Morgan fingerprint density at radius 1 is 1.09 bits per heavy atom. The summed E-state index contributed by atoms with van der Waals surface area (Å²) in [5, 5.41) is 3.27. The topological polar surface area (TPSA) is 105 Å². The number of amides is 2. The zero-order valence-corrected chi connectivity index (χ0v) is 18.7. The molecule has 174 valence electrons. The van der Waals surface area contributed by atoms with Crippen molar-refractivity contribution < 1.29 is 28.7 Å². The van der Waals surface area contributed by atoms with E-state index >= 15 is 0 Å². The second kappa shape index (κ2) is 11.1. The molecule has 0 spiro atoms. The molecule has 2 saturated heterocycles. The average molecular weight is 446 g/mol. The van der Waals surface area contributed by atoms with Gasteiger partial charge in [0.05, 0.1) is 0 Å². The maximum absolute atomic E-state index is 12.8. The number of piperazine rings is 1. The van der Waals surface area contributed by atoms with Crippen LogP contribution in [0.25, 0.3) is 0 Å². The van der Waals surface area contributed by atoms with E-state index in [4.69, 9.17) is 4.74 Å². The highest BCUT2D eigenvalue weighted by Gasteiger charge is 2.35. The van der Waals surface area contributed by atoms with Gasteiger partial charge in [-0.25, -0.2) is 4.79 Å². The van der Waals surface area contributed by atoms with Crippen LogP contribution in [0.1, 0.15) is 46.0 Å². The monoisotopic (exact) mass is 445 g/mol. The fraction of sp³-hybridized carbons (Fsp3) is 0.565. The second-order valence-corrected chi connectivity index (χ2v) is 8.14. The number of benzene rings is 1. The largest absolute Gasteiger partial charge is 0.479 e. The fourth-order valence-corrected chi connectivity index (χ4v) is 4.01. The Labute approximate surface area is 188 Å². The van der Waals surface area contributed by atoms with E-state index in [9.17, 15) is 19.2 Å². The van der Waals surface area contributed by atoms with Crippen LogP contribution >= 0.6 is 0 Å². The summed E-state index contributed by atoms with van der Waals surface area (Å²) in [5.41, 5.74) is 0.595. The first kappa shape index (κ1) is 23.7. The normalized spacial score (nSPS) is 18.4. The van der Waals surface area contributed by atoms with Crippen molar-refractivity contribution in [2.45, 2.75) is 58.1 Å². The number of carbonyl (C=O) groups is 4. The van der Waals surface area contributed by atoms with Gasteiger partial charge in [0.1, 0.15) is 18.8 Å². The summed E-state index contributed by atoms with van der Waals surface area (Å²) < 4.78 is 10.4. The lowest BCUT2D eigenvalue weighted by Crippen LogP contribution is -2.58. The van der Waals surface area contributed by atoms with Crippen LogP contribution in [0.2, 0.25) is 0 Å². The first-order valence-electron chi connectivity index (χ1n) is 11.2. The zero-order chi connectivity index (χ0) is 23.1. The van der Waals surface area contributed by atoms with Gasteiger partial charge in [-0.15, -0.1) is 0 Å². The van der Waals surface area contributed by atoms with Crippen molar-refractivity contribution in [3.05, 3.63) is 24.3 Å². The number of rotatable bonds is 8. The fourth-order valence-electron chi connectivity index (χ4n) is 4.01. The van der Waals surface area contributed by atoms with Gasteiger partial charge in [-0.3, -0.25) is 14.4 Å². The Balaban J connectivity index is 1.64. The molecule has 9 nitrogen and oxygen atoms in total. The average Bonchev–Trinajstić information content (AvgIpc) is 2.78. The van der Waals surface area contributed by atoms with E-state index in [0.29, 0.717) is 17.9 Å². The van der Waals surface area contributed by atoms with Gasteiger partial charge in [0.25, 0.3) is 0 Å². The Morgan fingerprint density at radius 2 is 1.78 bits per heavy atom. The molecule has 2 aliphatic rings. The number of anilines is 1. The van der Waals surface area contributed by atoms with Crippen LogP contribution in [-0.2, 0) is 23.9 Å². The predicted molar refractivity (Wildman–Crippen MR) is 117 cm³/mol. The first-order chi connectivity index (χ1) is 15.4. The smallest absolute Gasteiger partial charge is 0.354 e. The highest BCUT2D eigenvalue weighted by molar-refractivity contribution is 6.04. The van der Waals surface area contributed by atoms with Crippen molar-refractivity contribution in [2.75, 3.05) is 31.1 Å². The molecule has 1 unspecified atom stereocenters. The summed E-state index contributed by atoms with van der Waals surface area (Å²) in [6.07, 6.45) is 2.86. The van der Waals surface area contributed by atoms with Gasteiger partial charge in [-0.05, 0) is 63.0 Å². The van der Waals surface area contributed by atoms with Gasteiger partial charge in [-0.1, -0.05) is 13.3 Å². The molecule has 0 radical (unpaired) electrons. The van der Waals surface area contributed by atoms with Crippen molar-refractivity contribution in [3.8, 4) is 5.75 Å². The summed E-state index contributed by atoms with van der Waals surface area (Å²) in [5.74, 6) is -1.15. The maximum Gasteiger partial charge on any atom is 0.354 e. The molecule has 0 aliphatic carbocycles. The minimum Gasteiger partial charge on any atom is -0.479 e. The lowest BCUT2D eigenvalue weighted by molar-refractivity contribution is -0.163. The number of nitrogens with zero attached hydrogens (tertiary/aromatic N) is 2. The number of carbonyl (C=O) groups excluding carboxylic acids is 4. The Hall–Kier alpha value is -2.94. The maximum atomic E-state index is 12.8. The number of ether oxygens (including phenoxy) is 2. The minimum atomic E-state index is -0.888. The lowest BCUT2D eigenvalue weighted by Gasteiger charge is -2.40. The van der Waals surface area contributed by atoms with E-state index in [2.05, 4.69) is 10.1 Å². The molecule has 0 aromatic heterocycles. The zero-order valence-electron chi connectivity index (χ0n) is 18.7. The number of esters is 2. The molecule has 0 bridgehead atoms. The Bertz CT molecular complexity index is 835. The molecule has 1 atom stereocenters. The predicted octanol–water partition coefficient (Wildman–Crippen LogP) is 1.64. The van der Waals surface area contributed by atoms with E-state index in [0.717, 1.165) is 38.8 Å². The summed E-state index contributed by atoms with van der Waals surface area (Å²) in [6, 6.07) is 6.78. The van der Waals surface area contributed by atoms with E-state index in [1.54, 1.807) is 29.2 Å². The SMILES string of the molecule is CCCCC(Oc1ccc(N2CC(=O)N(C3CCNCC3)CC2=O)cc1)C(=O)OC(C)=O. The summed E-state index contributed by atoms with van der Waals surface area (Å²) in [4.78, 5) is 51.9. The summed E-state index contributed by atoms with van der Waals surface area (Å²) in [6.45, 7) is 4.96. The lowest BCUT2D eigenvalue weighted by atomic mass is 10.0. The highest BCUT2D eigenvalue weighted by Crippen LogP contribution is 2.25. The molecule has 9 heteroatoms. The number of piperidine rings is 1. The molecule has 2 fully saturated rings. The highest BCUT2D eigenvalue weighted by atomic mass is 16.6. The van der Waals surface area contributed by atoms with E-state index in [1.165, 1.54) is 11.8 Å². The first-order valence-corrected chi connectivity index (χ1v) is 11.2. The van der Waals surface area contributed by atoms with E-state index < -0.39 is 18.0 Å². The third-order valence-electron chi connectivity index (χ3n) is 5.72. The number of unbranched alkanes of at least 4 members (excludes halogenated alkanes) is 1. The number of nitrogens with one attached hydrogen (secondary N) is 1. The molecule has 0 saturated carbocycles. The molecule has 1 aromatic rings. The van der Waals surface area contributed by atoms with Crippen LogP contribution in [0, 0.1) is 0 Å². The van der Waals surface area contributed by atoms with Gasteiger partial charge < -0.3 is 24.6 Å². The van der Waals surface area contributed by atoms with Gasteiger partial charge >= 0.3 is 11.9 Å². The molecule has 1 aromatic carbocycles. The third kappa shape index (κ3) is 6.06. The van der Waals surface area contributed by atoms with Gasteiger partial charge in [0.15, 0.2) is 6.10 Å². The van der Waals surface area contributed by atoms with Gasteiger partial charge in [0.2, 0.25) is 11.8 Å². The molecular formula is C23H31N3O6. The quantitative estimate of drug-likeness (QED) is 0.479. The van der Waals surface area contributed by atoms with Crippen molar-refractivity contribution in [2.24, 2.45) is 0 Å². The second-order valence-electron chi connectivity index (χ2n) is 8.14. The van der Waals surface area contributed by atoms with Crippen molar-refractivity contribution >= 4 is 29.4 Å². The van der Waals surface area contributed by atoms with Gasteiger partial charge in [0, 0.05) is 18.7 Å². The van der Waals surface area contributed by atoms with E-state index in [1.807, 2.05) is 6.92 Å². The number of hydrogen-bond acceptors (Lipinski definition) is 7. The summed E-state index contributed by atoms with van der Waals surface area (Å²) >= 11 is 0. The van der Waals surface area contributed by atoms with Gasteiger partial charge in [-0.2, -0.15) is 0 Å². The van der Waals surface area contributed by atoms with Crippen molar-refractivity contribution in [1.82, 2.24) is 10.2 Å². The Kier molecular flexibility index (Phi) is 8.21. The van der Waals surface area contributed by atoms with Crippen molar-refractivity contribution in [1.29, 1.82) is 0 Å². The molecular weight excluding hydrogens is 414 g/mol. The molecule has 3 rings (SSSR count). The molecule has 2 aliphatic heterocycles. The standard InChI is InChI=1S/C23H31N3O6/c1-3-4-5-20(23(30)31-16(2)27)32-19-8-6-17(7-9-19)25-14-22(29)26(15-21(25)28)18-10-12-24-13-11-18/h6-9,18,20,24H,3-5,10-15H2,1-2H3. The molecule has 1 N–H and O–H groups in total. The molecule has 2 amide bonds. The molecule has 32 heavy (non-hydrogen) atoms. The molecule has 2 heterocycles.